The lowest BCUT2D eigenvalue weighted by molar-refractivity contribution is -0.116. The van der Waals surface area contributed by atoms with Gasteiger partial charge in [0.15, 0.2) is 0 Å². The lowest BCUT2D eigenvalue weighted by Gasteiger charge is -2.15. The molecule has 0 aliphatic heterocycles. The second-order valence-electron chi connectivity index (χ2n) is 7.99. The van der Waals surface area contributed by atoms with Crippen molar-refractivity contribution in [2.75, 3.05) is 5.32 Å². The number of imidazole rings is 1. The van der Waals surface area contributed by atoms with Gasteiger partial charge in [-0.3, -0.25) is 10.1 Å². The summed E-state index contributed by atoms with van der Waals surface area (Å²) in [5.41, 5.74) is 2.55. The zero-order valence-corrected chi connectivity index (χ0v) is 21.7. The molecule has 0 fully saturated rings. The second-order valence-corrected chi connectivity index (χ2v) is 11.0. The van der Waals surface area contributed by atoms with Crippen LogP contribution in [0.25, 0.3) is 11.0 Å². The minimum absolute atomic E-state index is 0.0827. The van der Waals surface area contributed by atoms with Gasteiger partial charge in [-0.25, -0.2) is 22.5 Å². The molecule has 0 saturated heterocycles. The first-order valence-electron chi connectivity index (χ1n) is 10.6. The molecule has 0 saturated carbocycles. The zero-order chi connectivity index (χ0) is 25.2. The summed E-state index contributed by atoms with van der Waals surface area (Å²) in [5.74, 6) is -1.08. The molecule has 182 valence electrons. The molecule has 35 heavy (non-hydrogen) atoms. The topological polar surface area (TPSA) is 93.1 Å². The van der Waals surface area contributed by atoms with Crippen LogP contribution in [-0.2, 0) is 21.4 Å². The Morgan fingerprint density at radius 3 is 2.60 bits per heavy atom. The van der Waals surface area contributed by atoms with Crippen LogP contribution in [0.5, 0.6) is 0 Å². The Morgan fingerprint density at radius 2 is 1.89 bits per heavy atom. The summed E-state index contributed by atoms with van der Waals surface area (Å²) >= 11 is 9.14. The van der Waals surface area contributed by atoms with Crippen LogP contribution in [0.1, 0.15) is 18.9 Å². The van der Waals surface area contributed by atoms with Crippen molar-refractivity contribution in [2.45, 2.75) is 30.8 Å². The van der Waals surface area contributed by atoms with Crippen LogP contribution in [0.15, 0.2) is 76.1 Å². The first-order valence-corrected chi connectivity index (χ1v) is 13.2. The molecule has 0 bridgehead atoms. The minimum atomic E-state index is -4.19. The average molecular weight is 580 g/mol. The monoisotopic (exact) mass is 578 g/mol. The maximum absolute atomic E-state index is 14.1. The van der Waals surface area contributed by atoms with Crippen molar-refractivity contribution in [2.24, 2.45) is 0 Å². The molecular formula is C24H21BrClFN4O3S. The van der Waals surface area contributed by atoms with Crippen LogP contribution in [-0.4, -0.2) is 29.9 Å². The highest BCUT2D eigenvalue weighted by atomic mass is 79.9. The molecule has 1 heterocycles. The molecule has 0 spiro atoms. The van der Waals surface area contributed by atoms with Crippen molar-refractivity contribution in [3.63, 3.8) is 0 Å². The highest BCUT2D eigenvalue weighted by Crippen LogP contribution is 2.25. The summed E-state index contributed by atoms with van der Waals surface area (Å²) in [6, 6.07) is 17.9. The van der Waals surface area contributed by atoms with Crippen LogP contribution in [0, 0.1) is 5.82 Å². The lowest BCUT2D eigenvalue weighted by Crippen LogP contribution is -2.36. The molecule has 7 nitrogen and oxygen atoms in total. The molecule has 4 rings (SSSR count). The Kier molecular flexibility index (Phi) is 7.56. The highest BCUT2D eigenvalue weighted by molar-refractivity contribution is 9.10. The van der Waals surface area contributed by atoms with Gasteiger partial charge in [0.1, 0.15) is 10.7 Å². The van der Waals surface area contributed by atoms with Crippen LogP contribution in [0.2, 0.25) is 5.02 Å². The fraction of sp³-hybridized carbons (Fsp3) is 0.167. The van der Waals surface area contributed by atoms with Gasteiger partial charge in [0.2, 0.25) is 21.9 Å². The van der Waals surface area contributed by atoms with Gasteiger partial charge < -0.3 is 4.57 Å². The number of carbonyl (C=O) groups excluding carboxylic acids is 1. The van der Waals surface area contributed by atoms with Crippen LogP contribution in [0.3, 0.4) is 0 Å². The third-order valence-corrected chi connectivity index (χ3v) is 7.53. The predicted octanol–water partition coefficient (Wildman–Crippen LogP) is 5.34. The normalized spacial score (nSPS) is 12.6. The van der Waals surface area contributed by atoms with Gasteiger partial charge in [0, 0.05) is 22.0 Å². The predicted molar refractivity (Wildman–Crippen MR) is 137 cm³/mol. The molecule has 0 aliphatic carbocycles. The number of hydrogen-bond donors (Lipinski definition) is 2. The van der Waals surface area contributed by atoms with E-state index in [9.17, 15) is 17.6 Å². The molecule has 1 atom stereocenters. The molecule has 1 unspecified atom stereocenters. The van der Waals surface area contributed by atoms with Crippen LogP contribution >= 0.6 is 27.5 Å². The van der Waals surface area contributed by atoms with E-state index in [0.29, 0.717) is 18.0 Å². The maximum Gasteiger partial charge on any atom is 0.243 e. The van der Waals surface area contributed by atoms with E-state index in [1.54, 1.807) is 0 Å². The minimum Gasteiger partial charge on any atom is -0.305 e. The van der Waals surface area contributed by atoms with Gasteiger partial charge in [-0.2, -0.15) is 0 Å². The molecule has 1 amide bonds. The number of sulfonamides is 1. The molecule has 2 N–H and O–H groups in total. The number of hydrogen-bond acceptors (Lipinski definition) is 4. The van der Waals surface area contributed by atoms with E-state index >= 15 is 0 Å². The van der Waals surface area contributed by atoms with Crippen molar-refractivity contribution < 1.29 is 17.6 Å². The Balaban J connectivity index is 1.51. The van der Waals surface area contributed by atoms with E-state index in [1.807, 2.05) is 53.1 Å². The first-order chi connectivity index (χ1) is 16.6. The number of aromatic nitrogens is 2. The van der Waals surface area contributed by atoms with Gasteiger partial charge in [0.05, 0.1) is 17.6 Å². The Morgan fingerprint density at radius 1 is 1.14 bits per heavy atom. The van der Waals surface area contributed by atoms with Gasteiger partial charge in [0.25, 0.3) is 0 Å². The molecule has 1 aromatic heterocycles. The summed E-state index contributed by atoms with van der Waals surface area (Å²) in [4.78, 5) is 16.8. The third-order valence-electron chi connectivity index (χ3n) is 5.18. The smallest absolute Gasteiger partial charge is 0.243 e. The lowest BCUT2D eigenvalue weighted by atomic mass is 10.2. The number of benzene rings is 3. The number of anilines is 1. The summed E-state index contributed by atoms with van der Waals surface area (Å²) in [7, 11) is -4.19. The van der Waals surface area contributed by atoms with E-state index in [2.05, 4.69) is 31.0 Å². The number of nitrogens with one attached hydrogen (secondary N) is 2. The molecule has 0 radical (unpaired) electrons. The third kappa shape index (κ3) is 6.07. The summed E-state index contributed by atoms with van der Waals surface area (Å²) < 4.78 is 44.3. The van der Waals surface area contributed by atoms with E-state index in [4.69, 9.17) is 11.6 Å². The number of carbonyl (C=O) groups is 1. The largest absolute Gasteiger partial charge is 0.305 e. The molecule has 4 aromatic rings. The number of fused-ring (bicyclic) bond motifs is 1. The van der Waals surface area contributed by atoms with Crippen molar-refractivity contribution >= 4 is 60.4 Å². The van der Waals surface area contributed by atoms with E-state index in [1.165, 1.54) is 13.0 Å². The molecule has 0 aliphatic rings. The van der Waals surface area contributed by atoms with Gasteiger partial charge in [-0.05, 0) is 48.9 Å². The maximum atomic E-state index is 14.1. The number of amides is 1. The van der Waals surface area contributed by atoms with Gasteiger partial charge in [-0.15, -0.1) is 0 Å². The quantitative estimate of drug-likeness (QED) is 0.295. The van der Waals surface area contributed by atoms with Crippen molar-refractivity contribution in [1.82, 2.24) is 14.3 Å². The van der Waals surface area contributed by atoms with E-state index < -0.39 is 32.7 Å². The molecular weight excluding hydrogens is 559 g/mol. The number of halogens is 3. The summed E-state index contributed by atoms with van der Waals surface area (Å²) in [6.07, 6.45) is -0.188. The molecule has 3 aromatic carbocycles. The highest BCUT2D eigenvalue weighted by Gasteiger charge is 2.23. The fourth-order valence-corrected chi connectivity index (χ4v) is 5.45. The standard InChI is InChI=1S/C24H21BrClFN4O3S/c1-15(30-35(33,34)22-10-8-18(26)13-19(22)27)11-23(32)29-24-28-20-12-17(25)7-9-21(20)31(24)14-16-5-3-2-4-6-16/h2-10,12-13,15,30H,11,14H2,1H3,(H,28,29,32). The van der Waals surface area contributed by atoms with E-state index in [-0.39, 0.29) is 11.4 Å². The summed E-state index contributed by atoms with van der Waals surface area (Å²) in [5, 5.41) is 2.87. The van der Waals surface area contributed by atoms with E-state index in [0.717, 1.165) is 27.7 Å². The zero-order valence-electron chi connectivity index (χ0n) is 18.5. The van der Waals surface area contributed by atoms with Crippen molar-refractivity contribution in [1.29, 1.82) is 0 Å². The molecule has 11 heteroatoms. The van der Waals surface area contributed by atoms with Gasteiger partial charge >= 0.3 is 0 Å². The first kappa shape index (κ1) is 25.3. The van der Waals surface area contributed by atoms with Crippen molar-refractivity contribution in [3.8, 4) is 0 Å². The Labute approximate surface area is 215 Å². The summed E-state index contributed by atoms with van der Waals surface area (Å²) in [6.45, 7) is 2.00. The Bertz CT molecular complexity index is 1500. The van der Waals surface area contributed by atoms with Crippen LogP contribution in [0.4, 0.5) is 10.3 Å². The Hall–Kier alpha value is -2.79. The van der Waals surface area contributed by atoms with Crippen LogP contribution < -0.4 is 10.0 Å². The second kappa shape index (κ2) is 10.4. The number of nitrogens with zero attached hydrogens (tertiary/aromatic N) is 2. The van der Waals surface area contributed by atoms with Crippen molar-refractivity contribution in [3.05, 3.63) is 87.6 Å². The number of rotatable bonds is 8. The SMILES string of the molecule is CC(CC(=O)Nc1nc2cc(Br)ccc2n1Cc1ccccc1)NS(=O)(=O)c1ccc(Cl)cc1F. The fourth-order valence-electron chi connectivity index (χ4n) is 3.64. The van der Waals surface area contributed by atoms with Gasteiger partial charge in [-0.1, -0.05) is 57.9 Å². The average Bonchev–Trinajstić information content (AvgIpc) is 3.09.